The summed E-state index contributed by atoms with van der Waals surface area (Å²) in [6, 6.07) is 15.6. The van der Waals surface area contributed by atoms with Gasteiger partial charge in [0.2, 0.25) is 0 Å². The molecule has 3 nitrogen and oxygen atoms in total. The molecule has 1 heterocycles. The lowest BCUT2D eigenvalue weighted by atomic mass is 10.0. The summed E-state index contributed by atoms with van der Waals surface area (Å²) in [4.78, 5) is 7.53. The lowest BCUT2D eigenvalue weighted by Crippen LogP contribution is -1.84. The number of benzene rings is 3. The second kappa shape index (κ2) is 4.31. The van der Waals surface area contributed by atoms with E-state index in [0.29, 0.717) is 22.4 Å². The fraction of sp³-hybridized carbons (Fsp3) is 0. The number of phenols is 1. The molecule has 4 rings (SSSR count). The Bertz CT molecular complexity index is 975. The van der Waals surface area contributed by atoms with Crippen molar-refractivity contribution in [1.82, 2.24) is 9.97 Å². The van der Waals surface area contributed by atoms with E-state index in [0.717, 1.165) is 10.8 Å². The molecule has 0 atom stereocenters. The van der Waals surface area contributed by atoms with Crippen molar-refractivity contribution in [3.05, 3.63) is 60.4 Å². The van der Waals surface area contributed by atoms with Crippen LogP contribution in [0.15, 0.2) is 54.6 Å². The number of halogens is 1. The lowest BCUT2D eigenvalue weighted by Gasteiger charge is -2.06. The molecule has 0 aliphatic carbocycles. The summed E-state index contributed by atoms with van der Waals surface area (Å²) in [5, 5.41) is 12.1. The molecule has 3 aromatic carbocycles. The molecule has 2 N–H and O–H groups in total. The van der Waals surface area contributed by atoms with E-state index in [4.69, 9.17) is 0 Å². The second-order valence-electron chi connectivity index (χ2n) is 4.93. The summed E-state index contributed by atoms with van der Waals surface area (Å²) in [5.41, 5.74) is 1.90. The maximum atomic E-state index is 13.3. The molecule has 4 heteroatoms. The van der Waals surface area contributed by atoms with Crippen LogP contribution in [0.25, 0.3) is 33.2 Å². The van der Waals surface area contributed by atoms with Gasteiger partial charge >= 0.3 is 0 Å². The smallest absolute Gasteiger partial charge is 0.142 e. The molecular formula is C17H11FN2O. The average Bonchev–Trinajstić information content (AvgIpc) is 2.89. The molecule has 1 aromatic heterocycles. The Kier molecular flexibility index (Phi) is 2.44. The minimum Gasteiger partial charge on any atom is -0.507 e. The van der Waals surface area contributed by atoms with E-state index in [-0.39, 0.29) is 11.6 Å². The highest BCUT2D eigenvalue weighted by Crippen LogP contribution is 2.35. The monoisotopic (exact) mass is 278 g/mol. The van der Waals surface area contributed by atoms with Crippen molar-refractivity contribution in [3.63, 3.8) is 0 Å². The van der Waals surface area contributed by atoms with Crippen LogP contribution in [-0.2, 0) is 0 Å². The molecule has 0 fully saturated rings. The number of rotatable bonds is 1. The largest absolute Gasteiger partial charge is 0.507 e. The molecule has 0 unspecified atom stereocenters. The van der Waals surface area contributed by atoms with Gasteiger partial charge in [-0.1, -0.05) is 30.3 Å². The first-order valence-corrected chi connectivity index (χ1v) is 6.59. The molecule has 0 bridgehead atoms. The van der Waals surface area contributed by atoms with E-state index in [1.54, 1.807) is 12.1 Å². The Balaban J connectivity index is 2.05. The van der Waals surface area contributed by atoms with E-state index in [9.17, 15) is 9.50 Å². The van der Waals surface area contributed by atoms with Gasteiger partial charge in [-0.25, -0.2) is 9.37 Å². The van der Waals surface area contributed by atoms with E-state index in [1.807, 2.05) is 30.3 Å². The number of aromatic amines is 1. The van der Waals surface area contributed by atoms with Gasteiger partial charge in [-0.15, -0.1) is 0 Å². The van der Waals surface area contributed by atoms with Crippen molar-refractivity contribution < 1.29 is 9.50 Å². The number of fused-ring (bicyclic) bond motifs is 2. The standard InChI is InChI=1S/C17H11FN2O/c18-11-6-7-13-14(9-11)20-17(19-13)16-12-4-2-1-3-10(12)5-8-15(16)21/h1-9,21H,(H,19,20). The van der Waals surface area contributed by atoms with Gasteiger partial charge in [-0.2, -0.15) is 0 Å². The molecule has 0 aliphatic heterocycles. The predicted molar refractivity (Wildman–Crippen MR) is 80.7 cm³/mol. The maximum Gasteiger partial charge on any atom is 0.142 e. The predicted octanol–water partition coefficient (Wildman–Crippen LogP) is 4.23. The van der Waals surface area contributed by atoms with Crippen LogP contribution < -0.4 is 0 Å². The number of hydrogen-bond donors (Lipinski definition) is 2. The zero-order valence-corrected chi connectivity index (χ0v) is 11.0. The number of aromatic nitrogens is 2. The Morgan fingerprint density at radius 3 is 2.76 bits per heavy atom. The number of nitrogens with zero attached hydrogens (tertiary/aromatic N) is 1. The summed E-state index contributed by atoms with van der Waals surface area (Å²) in [7, 11) is 0. The van der Waals surface area contributed by atoms with Crippen LogP contribution >= 0.6 is 0 Å². The normalized spacial score (nSPS) is 11.3. The third-order valence-corrected chi connectivity index (χ3v) is 3.59. The molecule has 0 radical (unpaired) electrons. The van der Waals surface area contributed by atoms with Crippen LogP contribution in [0.2, 0.25) is 0 Å². The molecule has 21 heavy (non-hydrogen) atoms. The Morgan fingerprint density at radius 2 is 1.86 bits per heavy atom. The van der Waals surface area contributed by atoms with Gasteiger partial charge in [0.05, 0.1) is 16.6 Å². The number of imidazole rings is 1. The Morgan fingerprint density at radius 1 is 1.00 bits per heavy atom. The number of aromatic hydroxyl groups is 1. The van der Waals surface area contributed by atoms with Crippen molar-refractivity contribution in [2.75, 3.05) is 0 Å². The highest BCUT2D eigenvalue weighted by molar-refractivity contribution is 5.99. The van der Waals surface area contributed by atoms with Crippen molar-refractivity contribution in [2.45, 2.75) is 0 Å². The van der Waals surface area contributed by atoms with E-state index < -0.39 is 0 Å². The van der Waals surface area contributed by atoms with E-state index in [1.165, 1.54) is 12.1 Å². The molecule has 0 spiro atoms. The van der Waals surface area contributed by atoms with Crippen LogP contribution in [0.1, 0.15) is 0 Å². The second-order valence-corrected chi connectivity index (χ2v) is 4.93. The Labute approximate surface area is 119 Å². The minimum absolute atomic E-state index is 0.147. The van der Waals surface area contributed by atoms with Gasteiger partial charge in [0.15, 0.2) is 0 Å². The van der Waals surface area contributed by atoms with Crippen LogP contribution in [0.3, 0.4) is 0 Å². The summed E-state index contributed by atoms with van der Waals surface area (Å²) in [6.45, 7) is 0. The van der Waals surface area contributed by atoms with Crippen LogP contribution in [-0.4, -0.2) is 15.1 Å². The number of hydrogen-bond acceptors (Lipinski definition) is 2. The molecule has 0 saturated carbocycles. The number of nitrogens with one attached hydrogen (secondary N) is 1. The van der Waals surface area contributed by atoms with Crippen LogP contribution in [0.4, 0.5) is 4.39 Å². The molecule has 102 valence electrons. The van der Waals surface area contributed by atoms with Gasteiger partial charge in [-0.05, 0) is 35.0 Å². The summed E-state index contributed by atoms with van der Waals surface area (Å²) >= 11 is 0. The zero-order valence-electron chi connectivity index (χ0n) is 11.0. The molecule has 0 saturated heterocycles. The van der Waals surface area contributed by atoms with Crippen LogP contribution in [0.5, 0.6) is 5.75 Å². The van der Waals surface area contributed by atoms with E-state index in [2.05, 4.69) is 9.97 Å². The summed E-state index contributed by atoms with van der Waals surface area (Å²) in [6.07, 6.45) is 0. The molecular weight excluding hydrogens is 267 g/mol. The van der Waals surface area contributed by atoms with Gasteiger partial charge in [0, 0.05) is 0 Å². The van der Waals surface area contributed by atoms with Gasteiger partial charge in [-0.3, -0.25) is 0 Å². The first-order valence-electron chi connectivity index (χ1n) is 6.59. The third kappa shape index (κ3) is 1.84. The maximum absolute atomic E-state index is 13.3. The quantitative estimate of drug-likeness (QED) is 0.547. The highest BCUT2D eigenvalue weighted by atomic mass is 19.1. The zero-order chi connectivity index (χ0) is 14.4. The molecule has 0 amide bonds. The number of phenolic OH excluding ortho intramolecular Hbond substituents is 1. The van der Waals surface area contributed by atoms with Gasteiger partial charge < -0.3 is 10.1 Å². The van der Waals surface area contributed by atoms with Gasteiger partial charge in [0.25, 0.3) is 0 Å². The van der Waals surface area contributed by atoms with Crippen molar-refractivity contribution in [3.8, 4) is 17.1 Å². The average molecular weight is 278 g/mol. The lowest BCUT2D eigenvalue weighted by molar-refractivity contribution is 0.477. The van der Waals surface area contributed by atoms with Gasteiger partial charge in [0.1, 0.15) is 17.4 Å². The fourth-order valence-electron chi connectivity index (χ4n) is 2.61. The number of H-pyrrole nitrogens is 1. The topological polar surface area (TPSA) is 48.9 Å². The third-order valence-electron chi connectivity index (χ3n) is 3.59. The SMILES string of the molecule is Oc1ccc2ccccc2c1-c1nc2ccc(F)cc2[nH]1. The summed E-state index contributed by atoms with van der Waals surface area (Å²) in [5.74, 6) is 0.359. The summed E-state index contributed by atoms with van der Waals surface area (Å²) < 4.78 is 13.3. The molecule has 0 aliphatic rings. The fourth-order valence-corrected chi connectivity index (χ4v) is 2.61. The first kappa shape index (κ1) is 11.9. The van der Waals surface area contributed by atoms with E-state index >= 15 is 0 Å². The first-order chi connectivity index (χ1) is 10.2. The Hall–Kier alpha value is -2.88. The van der Waals surface area contributed by atoms with Crippen molar-refractivity contribution in [2.24, 2.45) is 0 Å². The van der Waals surface area contributed by atoms with Crippen molar-refractivity contribution >= 4 is 21.8 Å². The molecule has 4 aromatic rings. The minimum atomic E-state index is -0.320. The van der Waals surface area contributed by atoms with Crippen molar-refractivity contribution in [1.29, 1.82) is 0 Å². The van der Waals surface area contributed by atoms with Crippen LogP contribution in [0, 0.1) is 5.82 Å². The highest BCUT2D eigenvalue weighted by Gasteiger charge is 2.13.